The second-order valence-corrected chi connectivity index (χ2v) is 5.48. The van der Waals surface area contributed by atoms with E-state index < -0.39 is 11.9 Å². The highest BCUT2D eigenvalue weighted by atomic mass is 35.5. The number of ether oxygens (including phenoxy) is 1. The molecule has 1 rings (SSSR count). The second-order valence-electron chi connectivity index (χ2n) is 5.04. The normalized spacial score (nSPS) is 13.8. The number of carboxylic acids is 1. The topological polar surface area (TPSA) is 72.5 Å². The second kappa shape index (κ2) is 8.82. The Balaban J connectivity index is 2.21. The van der Waals surface area contributed by atoms with Gasteiger partial charge in [0.1, 0.15) is 5.75 Å². The predicted octanol–water partition coefficient (Wildman–Crippen LogP) is 3.18. The van der Waals surface area contributed by atoms with E-state index in [2.05, 4.69) is 6.92 Å². The minimum atomic E-state index is -0.808. The average Bonchev–Trinajstić information content (AvgIpc) is 2.41. The summed E-state index contributed by atoms with van der Waals surface area (Å²) in [6.45, 7) is 2.91. The van der Waals surface area contributed by atoms with Crippen molar-refractivity contribution in [1.82, 2.24) is 0 Å². The summed E-state index contributed by atoms with van der Waals surface area (Å²) in [5.41, 5.74) is 5.43. The minimum absolute atomic E-state index is 0.198. The van der Waals surface area contributed by atoms with Crippen LogP contribution < -0.4 is 10.5 Å². The number of hydrogen-bond acceptors (Lipinski definition) is 3. The summed E-state index contributed by atoms with van der Waals surface area (Å²) in [5.74, 6) is -0.0329. The minimum Gasteiger partial charge on any atom is -0.494 e. The highest BCUT2D eigenvalue weighted by molar-refractivity contribution is 6.30. The van der Waals surface area contributed by atoms with Gasteiger partial charge < -0.3 is 15.6 Å². The fraction of sp³-hybridized carbons (Fsp3) is 0.533. The first-order valence-corrected chi connectivity index (χ1v) is 7.22. The van der Waals surface area contributed by atoms with E-state index in [1.54, 1.807) is 12.1 Å². The van der Waals surface area contributed by atoms with Crippen molar-refractivity contribution in [1.29, 1.82) is 0 Å². The Morgan fingerprint density at radius 3 is 2.50 bits per heavy atom. The van der Waals surface area contributed by atoms with Crippen molar-refractivity contribution >= 4 is 17.6 Å². The van der Waals surface area contributed by atoms with Gasteiger partial charge in [-0.1, -0.05) is 18.5 Å². The van der Waals surface area contributed by atoms with Crippen molar-refractivity contribution in [3.05, 3.63) is 29.3 Å². The highest BCUT2D eigenvalue weighted by Crippen LogP contribution is 2.18. The predicted molar refractivity (Wildman–Crippen MR) is 80.1 cm³/mol. The number of nitrogens with two attached hydrogens (primary N) is 1. The first kappa shape index (κ1) is 16.8. The monoisotopic (exact) mass is 299 g/mol. The molecule has 0 aromatic heterocycles. The van der Waals surface area contributed by atoms with Crippen LogP contribution in [0, 0.1) is 11.8 Å². The first-order valence-electron chi connectivity index (χ1n) is 6.84. The zero-order chi connectivity index (χ0) is 15.0. The van der Waals surface area contributed by atoms with E-state index in [0.29, 0.717) is 24.0 Å². The van der Waals surface area contributed by atoms with Crippen molar-refractivity contribution in [2.24, 2.45) is 17.6 Å². The SMILES string of the molecule is CC(CCOc1ccc(Cl)cc1)CCC(CN)C(=O)O. The molecule has 112 valence electrons. The molecular weight excluding hydrogens is 278 g/mol. The molecule has 2 unspecified atom stereocenters. The lowest BCUT2D eigenvalue weighted by atomic mass is 9.95. The highest BCUT2D eigenvalue weighted by Gasteiger charge is 2.16. The van der Waals surface area contributed by atoms with Crippen LogP contribution in [-0.2, 0) is 4.79 Å². The summed E-state index contributed by atoms with van der Waals surface area (Å²) in [6, 6.07) is 7.25. The number of carbonyl (C=O) groups is 1. The standard InChI is InChI=1S/C15H22ClNO3/c1-11(2-3-12(10-17)15(18)19)8-9-20-14-6-4-13(16)5-7-14/h4-7,11-12H,2-3,8-10,17H2,1H3,(H,18,19). The molecule has 0 heterocycles. The van der Waals surface area contributed by atoms with Gasteiger partial charge in [0.15, 0.2) is 0 Å². The smallest absolute Gasteiger partial charge is 0.307 e. The molecule has 0 radical (unpaired) electrons. The maximum Gasteiger partial charge on any atom is 0.307 e. The molecule has 0 aliphatic heterocycles. The number of rotatable bonds is 9. The first-order chi connectivity index (χ1) is 9.52. The zero-order valence-electron chi connectivity index (χ0n) is 11.7. The molecule has 0 saturated carbocycles. The lowest BCUT2D eigenvalue weighted by Crippen LogP contribution is -2.23. The number of hydrogen-bond donors (Lipinski definition) is 2. The molecule has 3 N–H and O–H groups in total. The van der Waals surface area contributed by atoms with Gasteiger partial charge in [-0.15, -0.1) is 0 Å². The van der Waals surface area contributed by atoms with Crippen LogP contribution in [0.4, 0.5) is 0 Å². The Labute approximate surface area is 124 Å². The summed E-state index contributed by atoms with van der Waals surface area (Å²) in [4.78, 5) is 10.9. The molecule has 4 nitrogen and oxygen atoms in total. The van der Waals surface area contributed by atoms with Gasteiger partial charge in [-0.3, -0.25) is 4.79 Å². The Kier molecular flexibility index (Phi) is 7.41. The molecule has 1 aromatic rings. The molecule has 0 aliphatic carbocycles. The molecular formula is C15H22ClNO3. The van der Waals surface area contributed by atoms with Crippen LogP contribution in [0.5, 0.6) is 5.75 Å². The summed E-state index contributed by atoms with van der Waals surface area (Å²) in [7, 11) is 0. The van der Waals surface area contributed by atoms with Crippen LogP contribution in [0.25, 0.3) is 0 Å². The Morgan fingerprint density at radius 1 is 1.30 bits per heavy atom. The molecule has 0 amide bonds. The quantitative estimate of drug-likeness (QED) is 0.734. The molecule has 1 aromatic carbocycles. The fourth-order valence-electron chi connectivity index (χ4n) is 1.88. The fourth-order valence-corrected chi connectivity index (χ4v) is 2.01. The van der Waals surface area contributed by atoms with E-state index >= 15 is 0 Å². The van der Waals surface area contributed by atoms with Crippen molar-refractivity contribution in [3.8, 4) is 5.75 Å². The van der Waals surface area contributed by atoms with Crippen LogP contribution in [0.2, 0.25) is 5.02 Å². The molecule has 0 bridgehead atoms. The van der Waals surface area contributed by atoms with Crippen LogP contribution >= 0.6 is 11.6 Å². The molecule has 0 spiro atoms. The van der Waals surface area contributed by atoms with Crippen LogP contribution in [0.3, 0.4) is 0 Å². The van der Waals surface area contributed by atoms with E-state index in [1.807, 2.05) is 12.1 Å². The van der Waals surface area contributed by atoms with Crippen LogP contribution in [-0.4, -0.2) is 24.2 Å². The third-order valence-electron chi connectivity index (χ3n) is 3.33. The van der Waals surface area contributed by atoms with Gasteiger partial charge in [0.25, 0.3) is 0 Å². The number of aliphatic carboxylic acids is 1. The van der Waals surface area contributed by atoms with Crippen LogP contribution in [0.15, 0.2) is 24.3 Å². The Morgan fingerprint density at radius 2 is 1.95 bits per heavy atom. The van der Waals surface area contributed by atoms with E-state index in [-0.39, 0.29) is 6.54 Å². The summed E-state index contributed by atoms with van der Waals surface area (Å²) < 4.78 is 5.61. The van der Waals surface area contributed by atoms with E-state index in [1.165, 1.54) is 0 Å². The summed E-state index contributed by atoms with van der Waals surface area (Å²) in [5, 5.41) is 9.61. The molecule has 0 aliphatic rings. The molecule has 0 fully saturated rings. The largest absolute Gasteiger partial charge is 0.494 e. The molecule has 2 atom stereocenters. The van der Waals surface area contributed by atoms with Crippen molar-refractivity contribution in [2.45, 2.75) is 26.2 Å². The van der Waals surface area contributed by atoms with Gasteiger partial charge in [-0.2, -0.15) is 0 Å². The van der Waals surface area contributed by atoms with Crippen molar-refractivity contribution < 1.29 is 14.6 Å². The molecule has 5 heteroatoms. The van der Waals surface area contributed by atoms with Gasteiger partial charge in [-0.25, -0.2) is 0 Å². The average molecular weight is 300 g/mol. The van der Waals surface area contributed by atoms with Gasteiger partial charge >= 0.3 is 5.97 Å². The van der Waals surface area contributed by atoms with Crippen molar-refractivity contribution in [2.75, 3.05) is 13.2 Å². The van der Waals surface area contributed by atoms with E-state index in [4.69, 9.17) is 27.2 Å². The van der Waals surface area contributed by atoms with E-state index in [0.717, 1.165) is 18.6 Å². The van der Waals surface area contributed by atoms with Gasteiger partial charge in [0.2, 0.25) is 0 Å². The third kappa shape index (κ3) is 6.26. The number of carboxylic acid groups (broad SMARTS) is 1. The summed E-state index contributed by atoms with van der Waals surface area (Å²) in [6.07, 6.45) is 2.35. The number of benzene rings is 1. The lowest BCUT2D eigenvalue weighted by molar-refractivity contribution is -0.141. The maximum atomic E-state index is 10.9. The zero-order valence-corrected chi connectivity index (χ0v) is 12.5. The molecule has 0 saturated heterocycles. The van der Waals surface area contributed by atoms with Crippen LogP contribution in [0.1, 0.15) is 26.2 Å². The van der Waals surface area contributed by atoms with E-state index in [9.17, 15) is 4.79 Å². The number of halogens is 1. The van der Waals surface area contributed by atoms with Gasteiger partial charge in [-0.05, 0) is 49.4 Å². The Bertz CT molecular complexity index is 408. The third-order valence-corrected chi connectivity index (χ3v) is 3.59. The lowest BCUT2D eigenvalue weighted by Gasteiger charge is -2.15. The molecule has 20 heavy (non-hydrogen) atoms. The summed E-state index contributed by atoms with van der Waals surface area (Å²) >= 11 is 5.79. The van der Waals surface area contributed by atoms with Crippen molar-refractivity contribution in [3.63, 3.8) is 0 Å². The van der Waals surface area contributed by atoms with Gasteiger partial charge in [0, 0.05) is 11.6 Å². The van der Waals surface area contributed by atoms with Gasteiger partial charge in [0.05, 0.1) is 12.5 Å². The Hall–Kier alpha value is -1.26. The maximum absolute atomic E-state index is 10.9.